The molecule has 0 spiro atoms. The molecule has 4 rings (SSSR count). The molecule has 130 valence electrons. The summed E-state index contributed by atoms with van der Waals surface area (Å²) in [5, 5.41) is 11.1. The third kappa shape index (κ3) is 2.95. The Kier molecular flexibility index (Phi) is 4.08. The molecule has 25 heavy (non-hydrogen) atoms. The summed E-state index contributed by atoms with van der Waals surface area (Å²) in [6, 6.07) is 0. The maximum Gasteiger partial charge on any atom is 0.259 e. The van der Waals surface area contributed by atoms with Crippen LogP contribution in [0, 0.1) is 0 Å². The number of amides is 1. The lowest BCUT2D eigenvalue weighted by Gasteiger charge is -2.05. The van der Waals surface area contributed by atoms with E-state index >= 15 is 0 Å². The fraction of sp³-hybridized carbons (Fsp3) is 0.438. The van der Waals surface area contributed by atoms with Gasteiger partial charge in [0.2, 0.25) is 11.9 Å². The van der Waals surface area contributed by atoms with E-state index in [-0.39, 0.29) is 17.9 Å². The molecule has 0 unspecified atom stereocenters. The van der Waals surface area contributed by atoms with Gasteiger partial charge in [-0.15, -0.1) is 21.5 Å². The average Bonchev–Trinajstić information content (AvgIpc) is 3.27. The number of carbonyl (C=O) groups is 1. The molecule has 1 aliphatic carbocycles. The molecular formula is C16H18N6O2S. The van der Waals surface area contributed by atoms with Crippen LogP contribution in [0.2, 0.25) is 0 Å². The third-order valence-electron chi connectivity index (χ3n) is 4.42. The lowest BCUT2D eigenvalue weighted by atomic mass is 10.2. The molecule has 0 radical (unpaired) electrons. The van der Waals surface area contributed by atoms with Gasteiger partial charge in [-0.3, -0.25) is 14.9 Å². The van der Waals surface area contributed by atoms with Gasteiger partial charge in [-0.25, -0.2) is 4.98 Å². The maximum atomic E-state index is 12.4. The number of rotatable bonds is 5. The van der Waals surface area contributed by atoms with Crippen molar-refractivity contribution in [3.63, 3.8) is 0 Å². The van der Waals surface area contributed by atoms with E-state index in [1.165, 1.54) is 4.88 Å². The first-order valence-electron chi connectivity index (χ1n) is 8.36. The molecule has 2 N–H and O–H groups in total. The van der Waals surface area contributed by atoms with E-state index in [9.17, 15) is 9.59 Å². The molecule has 0 aromatic carbocycles. The lowest BCUT2D eigenvalue weighted by molar-refractivity contribution is -0.116. The zero-order valence-corrected chi connectivity index (χ0v) is 14.7. The molecule has 3 aromatic rings. The van der Waals surface area contributed by atoms with Gasteiger partial charge in [-0.1, -0.05) is 0 Å². The second-order valence-electron chi connectivity index (χ2n) is 6.04. The SMILES string of the molecule is CCn1cnnc1NC(=O)CCc1nc2sc3c(c2c(=O)[nH]1)CCC3. The Morgan fingerprint density at radius 1 is 1.44 bits per heavy atom. The number of nitrogens with zero attached hydrogens (tertiary/aromatic N) is 4. The van der Waals surface area contributed by atoms with Crippen LogP contribution in [0.5, 0.6) is 0 Å². The van der Waals surface area contributed by atoms with Gasteiger partial charge in [0, 0.05) is 24.3 Å². The van der Waals surface area contributed by atoms with Crippen LogP contribution in [0.3, 0.4) is 0 Å². The van der Waals surface area contributed by atoms with E-state index in [4.69, 9.17) is 0 Å². The molecule has 3 aromatic heterocycles. The minimum absolute atomic E-state index is 0.0921. The van der Waals surface area contributed by atoms with Gasteiger partial charge in [0.1, 0.15) is 17.0 Å². The van der Waals surface area contributed by atoms with Crippen molar-refractivity contribution in [2.24, 2.45) is 0 Å². The van der Waals surface area contributed by atoms with Crippen LogP contribution in [-0.4, -0.2) is 30.6 Å². The van der Waals surface area contributed by atoms with Gasteiger partial charge in [-0.2, -0.15) is 0 Å². The summed E-state index contributed by atoms with van der Waals surface area (Å²) in [7, 11) is 0. The second-order valence-corrected chi connectivity index (χ2v) is 7.12. The third-order valence-corrected chi connectivity index (χ3v) is 5.61. The standard InChI is InChI=1S/C16H18N6O2S/c1-2-22-8-17-21-16(22)20-12(23)7-6-11-18-14(24)13-9-4-3-5-10(9)25-15(13)19-11/h8H,2-7H2,1H3,(H,18,19,24)(H,20,21,23). The molecule has 0 bridgehead atoms. The number of carbonyl (C=O) groups excluding carboxylic acids is 1. The van der Waals surface area contributed by atoms with Crippen molar-refractivity contribution in [1.29, 1.82) is 0 Å². The predicted octanol–water partition coefficient (Wildman–Crippen LogP) is 1.66. The molecular weight excluding hydrogens is 340 g/mol. The Morgan fingerprint density at radius 2 is 2.32 bits per heavy atom. The first kappa shape index (κ1) is 15.9. The average molecular weight is 358 g/mol. The van der Waals surface area contributed by atoms with Crippen LogP contribution in [0.15, 0.2) is 11.1 Å². The van der Waals surface area contributed by atoms with Crippen molar-refractivity contribution >= 4 is 33.4 Å². The maximum absolute atomic E-state index is 12.4. The van der Waals surface area contributed by atoms with Gasteiger partial charge in [-0.05, 0) is 31.7 Å². The molecule has 0 atom stereocenters. The van der Waals surface area contributed by atoms with Gasteiger partial charge >= 0.3 is 0 Å². The van der Waals surface area contributed by atoms with Crippen molar-refractivity contribution in [3.05, 3.63) is 32.9 Å². The van der Waals surface area contributed by atoms with E-state index < -0.39 is 0 Å². The summed E-state index contributed by atoms with van der Waals surface area (Å²) < 4.78 is 1.75. The molecule has 9 heteroatoms. The van der Waals surface area contributed by atoms with Crippen LogP contribution in [-0.2, 0) is 30.6 Å². The minimum Gasteiger partial charge on any atom is -0.310 e. The fourth-order valence-corrected chi connectivity index (χ4v) is 4.45. The fourth-order valence-electron chi connectivity index (χ4n) is 3.17. The topological polar surface area (TPSA) is 106 Å². The first-order valence-corrected chi connectivity index (χ1v) is 9.18. The van der Waals surface area contributed by atoms with Crippen LogP contribution in [0.4, 0.5) is 5.95 Å². The highest BCUT2D eigenvalue weighted by atomic mass is 32.1. The number of hydrogen-bond acceptors (Lipinski definition) is 6. The zero-order chi connectivity index (χ0) is 17.4. The normalized spacial score (nSPS) is 13.3. The molecule has 0 saturated heterocycles. The van der Waals surface area contributed by atoms with E-state index in [1.54, 1.807) is 22.2 Å². The van der Waals surface area contributed by atoms with Crippen molar-refractivity contribution in [3.8, 4) is 0 Å². The van der Waals surface area contributed by atoms with Crippen molar-refractivity contribution in [2.45, 2.75) is 45.6 Å². The number of aromatic amines is 1. The number of aromatic nitrogens is 5. The number of thiophene rings is 1. The molecule has 1 amide bonds. The van der Waals surface area contributed by atoms with Crippen LogP contribution >= 0.6 is 11.3 Å². The molecule has 0 saturated carbocycles. The van der Waals surface area contributed by atoms with Gasteiger partial charge < -0.3 is 9.55 Å². The van der Waals surface area contributed by atoms with Gasteiger partial charge in [0.15, 0.2) is 0 Å². The van der Waals surface area contributed by atoms with E-state index in [0.717, 1.165) is 35.0 Å². The summed E-state index contributed by atoms with van der Waals surface area (Å²) in [5.41, 5.74) is 1.07. The smallest absolute Gasteiger partial charge is 0.259 e. The Bertz CT molecular complexity index is 1000. The van der Waals surface area contributed by atoms with Crippen molar-refractivity contribution in [2.75, 3.05) is 5.32 Å². The molecule has 0 aliphatic heterocycles. The highest BCUT2D eigenvalue weighted by molar-refractivity contribution is 7.18. The Hall–Kier alpha value is -2.55. The Balaban J connectivity index is 1.48. The quantitative estimate of drug-likeness (QED) is 0.721. The number of aryl methyl sites for hydroxylation is 4. The van der Waals surface area contributed by atoms with Crippen molar-refractivity contribution < 1.29 is 4.79 Å². The summed E-state index contributed by atoms with van der Waals surface area (Å²) in [6.45, 7) is 2.62. The zero-order valence-electron chi connectivity index (χ0n) is 13.8. The number of nitrogens with one attached hydrogen (secondary N) is 2. The number of anilines is 1. The number of H-pyrrole nitrogens is 1. The highest BCUT2D eigenvalue weighted by Gasteiger charge is 2.21. The minimum atomic E-state index is -0.181. The van der Waals surface area contributed by atoms with Gasteiger partial charge in [0.25, 0.3) is 5.56 Å². The first-order chi connectivity index (χ1) is 12.2. The summed E-state index contributed by atoms with van der Waals surface area (Å²) in [5.74, 6) is 0.794. The highest BCUT2D eigenvalue weighted by Crippen LogP contribution is 2.34. The van der Waals surface area contributed by atoms with Crippen molar-refractivity contribution in [1.82, 2.24) is 24.7 Å². The largest absolute Gasteiger partial charge is 0.310 e. The Morgan fingerprint density at radius 3 is 3.16 bits per heavy atom. The van der Waals surface area contributed by atoms with Crippen LogP contribution in [0.1, 0.15) is 36.0 Å². The lowest BCUT2D eigenvalue weighted by Crippen LogP contribution is -2.18. The monoisotopic (exact) mass is 358 g/mol. The summed E-state index contributed by atoms with van der Waals surface area (Å²) in [6.07, 6.45) is 5.26. The number of hydrogen-bond donors (Lipinski definition) is 2. The van der Waals surface area contributed by atoms with Crippen LogP contribution < -0.4 is 10.9 Å². The molecule has 0 fully saturated rings. The molecule has 1 aliphatic rings. The molecule has 8 nitrogen and oxygen atoms in total. The Labute approximate surface area is 147 Å². The predicted molar refractivity (Wildman–Crippen MR) is 94.9 cm³/mol. The summed E-state index contributed by atoms with van der Waals surface area (Å²) >= 11 is 1.60. The summed E-state index contributed by atoms with van der Waals surface area (Å²) in [4.78, 5) is 33.9. The second kappa shape index (κ2) is 6.40. The van der Waals surface area contributed by atoms with E-state index in [0.29, 0.717) is 24.7 Å². The van der Waals surface area contributed by atoms with E-state index in [1.807, 2.05) is 6.92 Å². The number of fused-ring (bicyclic) bond motifs is 3. The molecule has 3 heterocycles. The van der Waals surface area contributed by atoms with Crippen LogP contribution in [0.25, 0.3) is 10.2 Å². The van der Waals surface area contributed by atoms with Gasteiger partial charge in [0.05, 0.1) is 5.39 Å². The van der Waals surface area contributed by atoms with E-state index in [2.05, 4.69) is 25.5 Å².